The summed E-state index contributed by atoms with van der Waals surface area (Å²) < 4.78 is 31.1. The Morgan fingerprint density at radius 3 is 1.00 bits per heavy atom. The zero-order chi connectivity index (χ0) is 23.7. The van der Waals surface area contributed by atoms with E-state index in [1.165, 1.54) is 4.91 Å². The number of hydrogen-bond donors (Lipinski definition) is 0. The zero-order valence-corrected chi connectivity index (χ0v) is 25.3. The molecule has 0 amide bonds. The largest absolute Gasteiger partial charge is 1.00 e. The van der Waals surface area contributed by atoms with Crippen LogP contribution in [0.15, 0.2) is 5.11 Å². The van der Waals surface area contributed by atoms with Crippen molar-refractivity contribution in [3.8, 4) is 0 Å². The molecule has 32 heavy (non-hydrogen) atoms. The monoisotopic (exact) mass is 664 g/mol. The molecule has 0 aliphatic carbocycles. The SMILES string of the molecule is BrCCOCCOCCOCCBr.[N-]=[N+]=NCCOCCOCCOCCBr.[N-]=[N+]=[N-].[Na+]. The predicted molar refractivity (Wildman–Crippen MR) is 130 cm³/mol. The molecule has 184 valence electrons. The van der Waals surface area contributed by atoms with E-state index >= 15 is 0 Å². The van der Waals surface area contributed by atoms with E-state index in [2.05, 4.69) is 57.8 Å². The second kappa shape index (κ2) is 45.3. The Labute approximate surface area is 237 Å². The Balaban J connectivity index is -0.000000213. The van der Waals surface area contributed by atoms with Crippen LogP contribution in [0.1, 0.15) is 0 Å². The van der Waals surface area contributed by atoms with E-state index in [1.54, 1.807) is 0 Å². The van der Waals surface area contributed by atoms with Gasteiger partial charge in [-0.25, -0.2) is 0 Å². The minimum atomic E-state index is 0. The molecule has 0 aromatic heterocycles. The van der Waals surface area contributed by atoms with Gasteiger partial charge in [0.15, 0.2) is 0 Å². The second-order valence-corrected chi connectivity index (χ2v) is 7.16. The van der Waals surface area contributed by atoms with Crippen LogP contribution in [0.2, 0.25) is 0 Å². The molecule has 0 spiro atoms. The third-order valence-electron chi connectivity index (χ3n) is 2.55. The number of rotatable bonds is 21. The first-order valence-electron chi connectivity index (χ1n) is 9.38. The van der Waals surface area contributed by atoms with E-state index < -0.39 is 0 Å². The van der Waals surface area contributed by atoms with Crippen LogP contribution in [-0.2, 0) is 28.4 Å². The van der Waals surface area contributed by atoms with E-state index in [0.717, 1.165) is 29.2 Å². The molecule has 0 saturated heterocycles. The number of halogens is 3. The van der Waals surface area contributed by atoms with Crippen molar-refractivity contribution in [2.75, 3.05) is 102 Å². The maximum Gasteiger partial charge on any atom is 1.00 e. The van der Waals surface area contributed by atoms with Crippen LogP contribution in [0.3, 0.4) is 0 Å². The second-order valence-electron chi connectivity index (χ2n) is 4.79. The summed E-state index contributed by atoms with van der Waals surface area (Å²) in [6, 6.07) is 0. The standard InChI is InChI=1S/C8H16Br2O3.C8H16BrN3O3.N3.Na/c9-1-3-11-5-7-13-8-6-12-4-2-10;9-1-3-13-5-7-15-8-6-14-4-2-11-12-10;1-3-2;/h1-8H2;1-8H2;;/q;;-1;+1. The van der Waals surface area contributed by atoms with Crippen molar-refractivity contribution >= 4 is 47.8 Å². The minimum Gasteiger partial charge on any atom is -0.379 e. The summed E-state index contributed by atoms with van der Waals surface area (Å²) in [5.41, 5.74) is 21.5. The van der Waals surface area contributed by atoms with E-state index in [0.29, 0.717) is 72.6 Å². The molecule has 0 rings (SSSR count). The summed E-state index contributed by atoms with van der Waals surface area (Å²) in [5, 5.41) is 5.93. The van der Waals surface area contributed by atoms with E-state index in [1.807, 2.05) is 0 Å². The Hall–Kier alpha value is 0.820. The van der Waals surface area contributed by atoms with Crippen molar-refractivity contribution in [3.63, 3.8) is 0 Å². The maximum atomic E-state index is 7.97. The van der Waals surface area contributed by atoms with E-state index in [-0.39, 0.29) is 29.6 Å². The summed E-state index contributed by atoms with van der Waals surface area (Å²) in [5.74, 6) is 0. The zero-order valence-electron chi connectivity index (χ0n) is 18.6. The van der Waals surface area contributed by atoms with Gasteiger partial charge >= 0.3 is 29.6 Å². The number of alkyl halides is 3. The molecule has 0 N–H and O–H groups in total. The molecule has 0 radical (unpaired) electrons. The molecule has 0 bridgehead atoms. The molecule has 16 heteroatoms. The summed E-state index contributed by atoms with van der Waals surface area (Å²) in [6.07, 6.45) is 0. The summed E-state index contributed by atoms with van der Waals surface area (Å²) in [7, 11) is 0. The van der Waals surface area contributed by atoms with Crippen LogP contribution in [0.25, 0.3) is 26.4 Å². The fourth-order valence-electron chi connectivity index (χ4n) is 1.40. The number of azide groups is 1. The molecule has 0 aliphatic rings. The van der Waals surface area contributed by atoms with Crippen molar-refractivity contribution in [2.24, 2.45) is 5.11 Å². The molecule has 0 aliphatic heterocycles. The van der Waals surface area contributed by atoms with Gasteiger partial charge < -0.3 is 39.5 Å². The van der Waals surface area contributed by atoms with Gasteiger partial charge in [0.05, 0.1) is 79.3 Å². The number of ether oxygens (including phenoxy) is 6. The van der Waals surface area contributed by atoms with Gasteiger partial charge in [-0.3, -0.25) is 4.91 Å². The van der Waals surface area contributed by atoms with Gasteiger partial charge in [-0.05, 0) is 5.53 Å². The molecule has 0 unspecified atom stereocenters. The summed E-state index contributed by atoms with van der Waals surface area (Å²) in [6.45, 7) is 7.81. The Morgan fingerprint density at radius 1 is 0.500 bits per heavy atom. The quantitative estimate of drug-likeness (QED) is 0.0450. The van der Waals surface area contributed by atoms with Crippen LogP contribution in [0.4, 0.5) is 0 Å². The van der Waals surface area contributed by atoms with Gasteiger partial charge in [-0.1, -0.05) is 52.9 Å². The Bertz CT molecular complexity index is 402. The topological polar surface area (TPSA) is 163 Å². The first-order chi connectivity index (χ1) is 15.2. The first-order valence-corrected chi connectivity index (χ1v) is 12.7. The minimum absolute atomic E-state index is 0. The Kier molecular flexibility index (Phi) is 56.7. The molecular weight excluding hydrogens is 635 g/mol. The molecule has 0 aromatic carbocycles. The van der Waals surface area contributed by atoms with Gasteiger partial charge in [0, 0.05) is 27.4 Å². The van der Waals surface area contributed by atoms with Gasteiger partial charge in [0.25, 0.3) is 0 Å². The fourth-order valence-corrected chi connectivity index (χ4v) is 2.08. The molecular formula is C16H32Br3N6NaO6. The molecule has 0 saturated carbocycles. The average molecular weight is 667 g/mol. The molecule has 0 atom stereocenters. The van der Waals surface area contributed by atoms with Crippen molar-refractivity contribution in [1.82, 2.24) is 0 Å². The molecule has 0 aromatic rings. The van der Waals surface area contributed by atoms with Crippen LogP contribution < -0.4 is 29.6 Å². The van der Waals surface area contributed by atoms with Gasteiger partial charge in [-0.2, -0.15) is 0 Å². The average Bonchev–Trinajstić information content (AvgIpc) is 2.77. The van der Waals surface area contributed by atoms with Gasteiger partial charge in [0.2, 0.25) is 0 Å². The third-order valence-corrected chi connectivity index (χ3v) is 3.52. The Morgan fingerprint density at radius 2 is 0.750 bits per heavy atom. The third kappa shape index (κ3) is 52.6. The molecule has 12 nitrogen and oxygen atoms in total. The van der Waals surface area contributed by atoms with Crippen LogP contribution in [-0.4, -0.2) is 102 Å². The number of nitrogens with zero attached hydrogens (tertiary/aromatic N) is 6. The van der Waals surface area contributed by atoms with E-state index in [4.69, 9.17) is 45.0 Å². The smallest absolute Gasteiger partial charge is 0.379 e. The van der Waals surface area contributed by atoms with Crippen molar-refractivity contribution < 1.29 is 58.0 Å². The van der Waals surface area contributed by atoms with Gasteiger partial charge in [0.1, 0.15) is 0 Å². The van der Waals surface area contributed by atoms with Crippen molar-refractivity contribution in [2.45, 2.75) is 0 Å². The molecule has 0 heterocycles. The van der Waals surface area contributed by atoms with Gasteiger partial charge in [-0.15, -0.1) is 0 Å². The predicted octanol–water partition coefficient (Wildman–Crippen LogP) is 1.44. The van der Waals surface area contributed by atoms with Crippen molar-refractivity contribution in [3.05, 3.63) is 26.4 Å². The fraction of sp³-hybridized carbons (Fsp3) is 1.00. The maximum absolute atomic E-state index is 7.97. The molecule has 0 fully saturated rings. The van der Waals surface area contributed by atoms with Crippen LogP contribution in [0.5, 0.6) is 0 Å². The normalized spacial score (nSPS) is 9.22. The van der Waals surface area contributed by atoms with Crippen molar-refractivity contribution in [1.29, 1.82) is 0 Å². The number of hydrogen-bond acceptors (Lipinski definition) is 7. The van der Waals surface area contributed by atoms with Crippen LogP contribution in [0, 0.1) is 0 Å². The first kappa shape index (κ1) is 40.0. The summed E-state index contributed by atoms with van der Waals surface area (Å²) >= 11 is 9.79. The summed E-state index contributed by atoms with van der Waals surface area (Å²) in [4.78, 5) is 4.10. The van der Waals surface area contributed by atoms with E-state index in [9.17, 15) is 0 Å². The van der Waals surface area contributed by atoms with Crippen LogP contribution >= 0.6 is 47.8 Å².